The molecule has 3 rings (SSSR count). The lowest BCUT2D eigenvalue weighted by molar-refractivity contribution is 0.0618. The molecule has 5 nitrogen and oxygen atoms in total. The molecule has 1 aliphatic heterocycles. The molecule has 0 spiro atoms. The molecule has 0 bridgehead atoms. The van der Waals surface area contributed by atoms with Crippen LogP contribution in [0.5, 0.6) is 5.75 Å². The van der Waals surface area contributed by atoms with Crippen molar-refractivity contribution < 1.29 is 13.9 Å². The van der Waals surface area contributed by atoms with Gasteiger partial charge in [0, 0.05) is 12.0 Å². The van der Waals surface area contributed by atoms with E-state index in [9.17, 15) is 4.79 Å². The van der Waals surface area contributed by atoms with E-state index in [0.29, 0.717) is 17.9 Å². The molecule has 0 saturated heterocycles. The van der Waals surface area contributed by atoms with Gasteiger partial charge in [-0.25, -0.2) is 4.98 Å². The molecular weight excluding hydrogens is 268 g/mol. The summed E-state index contributed by atoms with van der Waals surface area (Å²) < 4.78 is 11.0. The Kier molecular flexibility index (Phi) is 3.20. The van der Waals surface area contributed by atoms with Crippen LogP contribution in [0.25, 0.3) is 0 Å². The Labute approximate surface area is 123 Å². The molecule has 1 amide bonds. The smallest absolute Gasteiger partial charge is 0.274 e. The van der Waals surface area contributed by atoms with Gasteiger partial charge in [0.05, 0.1) is 6.04 Å². The summed E-state index contributed by atoms with van der Waals surface area (Å²) in [5.74, 6) is 1.11. The third-order valence-corrected chi connectivity index (χ3v) is 3.64. The average Bonchev–Trinajstić information content (AvgIpc) is 2.83. The summed E-state index contributed by atoms with van der Waals surface area (Å²) in [4.78, 5) is 16.3. The molecule has 1 atom stereocenters. The number of hydrogen-bond acceptors (Lipinski definition) is 4. The molecule has 2 aromatic rings. The fourth-order valence-corrected chi connectivity index (χ4v) is 2.68. The molecule has 0 radical (unpaired) electrons. The standard InChI is InChI=1S/C16H18N2O3/c1-10-14(17-9-20-10)15(19)18-12-8-16(2,3)21-13-7-5-4-6-11(12)13/h4-7,9,12H,8H2,1-3H3,(H,18,19)/t12-/m1/s1. The fourth-order valence-electron chi connectivity index (χ4n) is 2.68. The Bertz CT molecular complexity index is 676. The normalized spacial score (nSPS) is 19.5. The van der Waals surface area contributed by atoms with Crippen molar-refractivity contribution in [2.24, 2.45) is 0 Å². The largest absolute Gasteiger partial charge is 0.487 e. The summed E-state index contributed by atoms with van der Waals surface area (Å²) in [6.45, 7) is 5.76. The molecule has 2 heterocycles. The zero-order valence-electron chi connectivity index (χ0n) is 12.3. The number of nitrogens with zero attached hydrogens (tertiary/aromatic N) is 1. The number of rotatable bonds is 2. The van der Waals surface area contributed by atoms with Gasteiger partial charge in [-0.2, -0.15) is 0 Å². The number of aryl methyl sites for hydroxylation is 1. The lowest BCUT2D eigenvalue weighted by Gasteiger charge is -2.37. The van der Waals surface area contributed by atoms with E-state index in [1.807, 2.05) is 38.1 Å². The molecule has 0 unspecified atom stereocenters. The van der Waals surface area contributed by atoms with Gasteiger partial charge in [0.15, 0.2) is 12.1 Å². The summed E-state index contributed by atoms with van der Waals surface area (Å²) in [6.07, 6.45) is 1.98. The van der Waals surface area contributed by atoms with E-state index < -0.39 is 0 Å². The molecule has 1 aromatic carbocycles. The number of nitrogens with one attached hydrogen (secondary N) is 1. The highest BCUT2D eigenvalue weighted by atomic mass is 16.5. The monoisotopic (exact) mass is 286 g/mol. The lowest BCUT2D eigenvalue weighted by Crippen LogP contribution is -2.41. The van der Waals surface area contributed by atoms with E-state index in [-0.39, 0.29) is 17.6 Å². The lowest BCUT2D eigenvalue weighted by atomic mass is 9.89. The number of fused-ring (bicyclic) bond motifs is 1. The molecule has 1 aliphatic rings. The summed E-state index contributed by atoms with van der Waals surface area (Å²) in [5, 5.41) is 3.03. The van der Waals surface area contributed by atoms with Crippen LogP contribution in [-0.2, 0) is 0 Å². The Morgan fingerprint density at radius 2 is 2.14 bits per heavy atom. The topological polar surface area (TPSA) is 64.4 Å². The highest BCUT2D eigenvalue weighted by Crippen LogP contribution is 2.39. The minimum absolute atomic E-state index is 0.103. The third-order valence-electron chi connectivity index (χ3n) is 3.64. The van der Waals surface area contributed by atoms with Gasteiger partial charge in [0.25, 0.3) is 5.91 Å². The summed E-state index contributed by atoms with van der Waals surface area (Å²) in [7, 11) is 0. The van der Waals surface area contributed by atoms with E-state index >= 15 is 0 Å². The van der Waals surface area contributed by atoms with Crippen molar-refractivity contribution in [3.05, 3.63) is 47.7 Å². The van der Waals surface area contributed by atoms with Crippen LogP contribution in [0.3, 0.4) is 0 Å². The zero-order chi connectivity index (χ0) is 15.0. The second kappa shape index (κ2) is 4.91. The number of carbonyl (C=O) groups excluding carboxylic acids is 1. The molecule has 0 fully saturated rings. The highest BCUT2D eigenvalue weighted by Gasteiger charge is 2.34. The van der Waals surface area contributed by atoms with Crippen molar-refractivity contribution >= 4 is 5.91 Å². The highest BCUT2D eigenvalue weighted by molar-refractivity contribution is 5.93. The maximum Gasteiger partial charge on any atom is 0.274 e. The van der Waals surface area contributed by atoms with Crippen LogP contribution < -0.4 is 10.1 Å². The summed E-state index contributed by atoms with van der Waals surface area (Å²) >= 11 is 0. The maximum atomic E-state index is 12.3. The van der Waals surface area contributed by atoms with Crippen molar-refractivity contribution in [3.8, 4) is 5.75 Å². The van der Waals surface area contributed by atoms with Gasteiger partial charge in [0.2, 0.25) is 0 Å². The van der Waals surface area contributed by atoms with Gasteiger partial charge in [-0.1, -0.05) is 18.2 Å². The van der Waals surface area contributed by atoms with Gasteiger partial charge in [0.1, 0.15) is 17.1 Å². The average molecular weight is 286 g/mol. The Hall–Kier alpha value is -2.30. The Morgan fingerprint density at radius 1 is 1.38 bits per heavy atom. The molecule has 0 aliphatic carbocycles. The van der Waals surface area contributed by atoms with Gasteiger partial charge in [-0.3, -0.25) is 4.79 Å². The van der Waals surface area contributed by atoms with Gasteiger partial charge in [-0.05, 0) is 26.8 Å². The number of aromatic nitrogens is 1. The van der Waals surface area contributed by atoms with Crippen molar-refractivity contribution in [1.82, 2.24) is 10.3 Å². The number of benzene rings is 1. The van der Waals surface area contributed by atoms with E-state index in [0.717, 1.165) is 11.3 Å². The third kappa shape index (κ3) is 2.63. The van der Waals surface area contributed by atoms with Crippen LogP contribution in [0.1, 0.15) is 48.1 Å². The molecule has 1 aromatic heterocycles. The SMILES string of the molecule is Cc1ocnc1C(=O)N[C@@H]1CC(C)(C)Oc2ccccc21. The first kappa shape index (κ1) is 13.7. The molecule has 21 heavy (non-hydrogen) atoms. The minimum Gasteiger partial charge on any atom is -0.487 e. The van der Waals surface area contributed by atoms with Crippen molar-refractivity contribution in [2.75, 3.05) is 0 Å². The zero-order valence-corrected chi connectivity index (χ0v) is 12.3. The van der Waals surface area contributed by atoms with Crippen LogP contribution in [0.15, 0.2) is 35.1 Å². The van der Waals surface area contributed by atoms with Crippen LogP contribution in [-0.4, -0.2) is 16.5 Å². The van der Waals surface area contributed by atoms with Crippen LogP contribution in [0.2, 0.25) is 0 Å². The van der Waals surface area contributed by atoms with Crippen LogP contribution >= 0.6 is 0 Å². The van der Waals surface area contributed by atoms with E-state index in [1.165, 1.54) is 6.39 Å². The number of para-hydroxylation sites is 1. The fraction of sp³-hybridized carbons (Fsp3) is 0.375. The molecule has 1 N–H and O–H groups in total. The number of ether oxygens (including phenoxy) is 1. The minimum atomic E-state index is -0.328. The first-order valence-electron chi connectivity index (χ1n) is 6.95. The summed E-state index contributed by atoms with van der Waals surface area (Å²) in [5.41, 5.74) is 0.994. The number of hydrogen-bond donors (Lipinski definition) is 1. The van der Waals surface area contributed by atoms with Gasteiger partial charge < -0.3 is 14.5 Å². The van der Waals surface area contributed by atoms with E-state index in [1.54, 1.807) is 6.92 Å². The molecule has 0 saturated carbocycles. The van der Waals surface area contributed by atoms with E-state index in [4.69, 9.17) is 9.15 Å². The second-order valence-corrected chi connectivity index (χ2v) is 5.89. The number of amides is 1. The van der Waals surface area contributed by atoms with Crippen molar-refractivity contribution in [1.29, 1.82) is 0 Å². The first-order chi connectivity index (χ1) is 9.96. The maximum absolute atomic E-state index is 12.3. The molecule has 5 heteroatoms. The Morgan fingerprint density at radius 3 is 2.86 bits per heavy atom. The predicted molar refractivity (Wildman–Crippen MR) is 77.2 cm³/mol. The number of carbonyl (C=O) groups is 1. The molecule has 110 valence electrons. The quantitative estimate of drug-likeness (QED) is 0.921. The second-order valence-electron chi connectivity index (χ2n) is 5.89. The van der Waals surface area contributed by atoms with Crippen LogP contribution in [0.4, 0.5) is 0 Å². The van der Waals surface area contributed by atoms with Gasteiger partial charge in [-0.15, -0.1) is 0 Å². The van der Waals surface area contributed by atoms with E-state index in [2.05, 4.69) is 10.3 Å². The molecular formula is C16H18N2O3. The predicted octanol–water partition coefficient (Wildman–Crippen LogP) is 3.02. The van der Waals surface area contributed by atoms with Crippen molar-refractivity contribution in [3.63, 3.8) is 0 Å². The summed E-state index contributed by atoms with van der Waals surface area (Å²) in [6, 6.07) is 7.68. The van der Waals surface area contributed by atoms with Gasteiger partial charge >= 0.3 is 0 Å². The first-order valence-corrected chi connectivity index (χ1v) is 6.95. The van der Waals surface area contributed by atoms with Crippen LogP contribution in [0, 0.1) is 6.92 Å². The number of oxazole rings is 1. The Balaban J connectivity index is 1.88. The van der Waals surface area contributed by atoms with Crippen molar-refractivity contribution in [2.45, 2.75) is 38.8 Å².